The highest BCUT2D eigenvalue weighted by molar-refractivity contribution is 7.90. The van der Waals surface area contributed by atoms with Crippen molar-refractivity contribution in [3.8, 4) is 0 Å². The topological polar surface area (TPSA) is 125 Å². The van der Waals surface area contributed by atoms with E-state index in [0.717, 1.165) is 6.07 Å². The zero-order valence-corrected chi connectivity index (χ0v) is 11.7. The average Bonchev–Trinajstić information content (AvgIpc) is 2.27. The number of rotatable bonds is 3. The fourth-order valence-corrected chi connectivity index (χ4v) is 4.14. The van der Waals surface area contributed by atoms with Crippen molar-refractivity contribution in [2.45, 2.75) is 9.79 Å². The minimum absolute atomic E-state index is 0.00729. The third kappa shape index (κ3) is 2.68. The van der Waals surface area contributed by atoms with Crippen LogP contribution in [0.15, 0.2) is 21.9 Å². The molecule has 11 heteroatoms. The van der Waals surface area contributed by atoms with E-state index in [2.05, 4.69) is 10.0 Å². The molecule has 0 spiro atoms. The molecule has 0 bridgehead atoms. The number of halogens is 1. The molecule has 2 rings (SSSR count). The molecule has 19 heavy (non-hydrogen) atoms. The molecule has 1 heterocycles. The highest BCUT2D eigenvalue weighted by atomic mass is 35.5. The lowest BCUT2D eigenvalue weighted by Gasteiger charge is -2.20. The predicted molar refractivity (Wildman–Crippen MR) is 67.7 cm³/mol. The highest BCUT2D eigenvalue weighted by Gasteiger charge is 2.28. The summed E-state index contributed by atoms with van der Waals surface area (Å²) in [6, 6.07) is 2.14. The van der Waals surface area contributed by atoms with E-state index in [9.17, 15) is 16.8 Å². The smallest absolute Gasteiger partial charge is 0.244 e. The van der Waals surface area contributed by atoms with E-state index in [4.69, 9.17) is 16.7 Å². The standard InChI is InChI=1S/C8H10ClN3O5S2/c9-5-1-6-8(19(16,17)11-3-10-6)2-7(5)18(14,15)12-4-13/h1-2,10-13H,3-4H2. The number of hydrogen-bond donors (Lipinski definition) is 4. The lowest BCUT2D eigenvalue weighted by molar-refractivity contribution is 0.288. The van der Waals surface area contributed by atoms with Crippen LogP contribution in [0, 0.1) is 0 Å². The van der Waals surface area contributed by atoms with E-state index in [1.807, 2.05) is 4.72 Å². The first-order valence-corrected chi connectivity index (χ1v) is 8.30. The molecule has 0 radical (unpaired) electrons. The Morgan fingerprint density at radius 1 is 1.42 bits per heavy atom. The first-order chi connectivity index (χ1) is 8.78. The van der Waals surface area contributed by atoms with Gasteiger partial charge in [0, 0.05) is 0 Å². The molecular weight excluding hydrogens is 318 g/mol. The molecule has 1 aliphatic heterocycles. The van der Waals surface area contributed by atoms with Crippen molar-refractivity contribution >= 4 is 37.3 Å². The van der Waals surface area contributed by atoms with Gasteiger partial charge < -0.3 is 10.4 Å². The minimum Gasteiger partial charge on any atom is -0.380 e. The van der Waals surface area contributed by atoms with Crippen LogP contribution in [0.3, 0.4) is 0 Å². The number of sulfonamides is 2. The lowest BCUT2D eigenvalue weighted by Crippen LogP contribution is -2.35. The van der Waals surface area contributed by atoms with Crippen molar-refractivity contribution in [2.75, 3.05) is 18.7 Å². The second-order valence-corrected chi connectivity index (χ2v) is 7.46. The molecule has 0 amide bonds. The maximum Gasteiger partial charge on any atom is 0.244 e. The molecule has 0 aliphatic carbocycles. The summed E-state index contributed by atoms with van der Waals surface area (Å²) in [5.41, 5.74) is 0.215. The Bertz CT molecular complexity index is 716. The summed E-state index contributed by atoms with van der Waals surface area (Å²) in [4.78, 5) is -0.641. The summed E-state index contributed by atoms with van der Waals surface area (Å²) in [7, 11) is -7.86. The Hall–Kier alpha value is -0.910. The molecule has 0 saturated carbocycles. The van der Waals surface area contributed by atoms with Gasteiger partial charge in [-0.1, -0.05) is 11.6 Å². The Morgan fingerprint density at radius 2 is 2.11 bits per heavy atom. The molecule has 0 unspecified atom stereocenters. The van der Waals surface area contributed by atoms with Gasteiger partial charge in [0.05, 0.1) is 17.4 Å². The molecular formula is C8H10ClN3O5S2. The largest absolute Gasteiger partial charge is 0.380 e. The first kappa shape index (κ1) is 14.5. The van der Waals surface area contributed by atoms with Gasteiger partial charge >= 0.3 is 0 Å². The van der Waals surface area contributed by atoms with Gasteiger partial charge in [0.2, 0.25) is 20.0 Å². The maximum absolute atomic E-state index is 11.8. The minimum atomic E-state index is -4.08. The Balaban J connectivity index is 2.67. The maximum atomic E-state index is 11.8. The van der Waals surface area contributed by atoms with E-state index in [0.29, 0.717) is 0 Å². The predicted octanol–water partition coefficient (Wildman–Crippen LogP) is -0.771. The van der Waals surface area contributed by atoms with Crippen LogP contribution in [0.5, 0.6) is 0 Å². The van der Waals surface area contributed by atoms with Gasteiger partial charge in [-0.3, -0.25) is 0 Å². The van der Waals surface area contributed by atoms with Gasteiger partial charge in [-0.2, -0.15) is 9.44 Å². The summed E-state index contributed by atoms with van der Waals surface area (Å²) in [6.07, 6.45) is 0. The van der Waals surface area contributed by atoms with Crippen molar-refractivity contribution in [1.29, 1.82) is 0 Å². The molecule has 8 nitrogen and oxygen atoms in total. The van der Waals surface area contributed by atoms with Gasteiger partial charge in [0.25, 0.3) is 0 Å². The Labute approximate surface area is 114 Å². The third-order valence-corrected chi connectivity index (χ3v) is 5.70. The molecule has 106 valence electrons. The van der Waals surface area contributed by atoms with Crippen LogP contribution < -0.4 is 14.8 Å². The molecule has 4 N–H and O–H groups in total. The zero-order chi connectivity index (χ0) is 14.3. The van der Waals surface area contributed by atoms with Crippen LogP contribution in [0.25, 0.3) is 0 Å². The Morgan fingerprint density at radius 3 is 2.74 bits per heavy atom. The summed E-state index contributed by atoms with van der Waals surface area (Å²) in [5.74, 6) is 0. The van der Waals surface area contributed by atoms with Crippen LogP contribution in [0.4, 0.5) is 5.69 Å². The number of hydrogen-bond acceptors (Lipinski definition) is 6. The van der Waals surface area contributed by atoms with Gasteiger partial charge in [-0.25, -0.2) is 16.8 Å². The summed E-state index contributed by atoms with van der Waals surface area (Å²) < 4.78 is 51.1. The van der Waals surface area contributed by atoms with Crippen molar-refractivity contribution in [3.05, 3.63) is 17.2 Å². The van der Waals surface area contributed by atoms with E-state index < -0.39 is 31.7 Å². The summed E-state index contributed by atoms with van der Waals surface area (Å²) in [5, 5.41) is 11.2. The lowest BCUT2D eigenvalue weighted by atomic mass is 10.3. The van der Waals surface area contributed by atoms with Crippen LogP contribution in [0.2, 0.25) is 5.02 Å². The quantitative estimate of drug-likeness (QED) is 0.540. The number of aliphatic hydroxyl groups is 1. The summed E-state index contributed by atoms with van der Waals surface area (Å²) >= 11 is 5.82. The van der Waals surface area contributed by atoms with Crippen molar-refractivity contribution in [2.24, 2.45) is 0 Å². The average molecular weight is 328 g/mol. The van der Waals surface area contributed by atoms with E-state index in [1.54, 1.807) is 0 Å². The number of nitrogens with one attached hydrogen (secondary N) is 3. The number of fused-ring (bicyclic) bond motifs is 1. The first-order valence-electron chi connectivity index (χ1n) is 4.95. The van der Waals surface area contributed by atoms with E-state index >= 15 is 0 Å². The number of anilines is 1. The van der Waals surface area contributed by atoms with Crippen LogP contribution in [-0.4, -0.2) is 35.3 Å². The molecule has 0 atom stereocenters. The molecule has 1 aliphatic rings. The molecule has 1 aromatic carbocycles. The SMILES string of the molecule is O=S(=O)(NCO)c1cc2c(cc1Cl)NCNS2(=O)=O. The fraction of sp³-hybridized carbons (Fsp3) is 0.250. The normalized spacial score (nSPS) is 17.6. The third-order valence-electron chi connectivity index (χ3n) is 2.41. The second-order valence-electron chi connectivity index (χ2n) is 3.59. The van der Waals surface area contributed by atoms with Gasteiger partial charge in [-0.05, 0) is 12.1 Å². The summed E-state index contributed by atoms with van der Waals surface area (Å²) in [6.45, 7) is -0.828. The van der Waals surface area contributed by atoms with Crippen molar-refractivity contribution in [3.63, 3.8) is 0 Å². The zero-order valence-electron chi connectivity index (χ0n) is 9.34. The molecule has 0 saturated heterocycles. The van der Waals surface area contributed by atoms with Crippen LogP contribution >= 0.6 is 11.6 Å². The fourth-order valence-electron chi connectivity index (χ4n) is 1.57. The Kier molecular flexibility index (Phi) is 3.73. The van der Waals surface area contributed by atoms with Crippen LogP contribution in [-0.2, 0) is 20.0 Å². The number of aliphatic hydroxyl groups excluding tert-OH is 1. The second kappa shape index (κ2) is 4.89. The molecule has 1 aromatic rings. The van der Waals surface area contributed by atoms with Crippen molar-refractivity contribution < 1.29 is 21.9 Å². The van der Waals surface area contributed by atoms with Gasteiger partial charge in [0.15, 0.2) is 0 Å². The van der Waals surface area contributed by atoms with Crippen LogP contribution in [0.1, 0.15) is 0 Å². The van der Waals surface area contributed by atoms with E-state index in [1.165, 1.54) is 6.07 Å². The van der Waals surface area contributed by atoms with Gasteiger partial charge in [0.1, 0.15) is 16.5 Å². The van der Waals surface area contributed by atoms with Gasteiger partial charge in [-0.15, -0.1) is 0 Å². The molecule has 0 fully saturated rings. The monoisotopic (exact) mass is 327 g/mol. The number of benzene rings is 1. The molecule has 0 aromatic heterocycles. The van der Waals surface area contributed by atoms with Crippen molar-refractivity contribution in [1.82, 2.24) is 9.44 Å². The highest BCUT2D eigenvalue weighted by Crippen LogP contribution is 2.32. The van der Waals surface area contributed by atoms with E-state index in [-0.39, 0.29) is 22.3 Å².